The van der Waals surface area contributed by atoms with Crippen molar-refractivity contribution in [3.05, 3.63) is 224 Å². The molecular weight excluding hydrogens is 1760 g/mol. The number of fused-ring (bicyclic) bond motifs is 1. The first-order valence-electron chi connectivity index (χ1n) is 25.2. The average molecular weight is 1820 g/mol. The maximum atomic E-state index is 11.5. The van der Waals surface area contributed by atoms with E-state index in [4.69, 9.17) is 43.7 Å². The van der Waals surface area contributed by atoms with Crippen LogP contribution < -0.4 is 11.9 Å². The topological polar surface area (TPSA) is 511 Å². The third-order valence-electron chi connectivity index (χ3n) is 9.11. The number of aliphatic hydroxyl groups is 1. The molecule has 0 aliphatic rings. The van der Waals surface area contributed by atoms with Crippen molar-refractivity contribution in [3.8, 4) is 17.6 Å². The summed E-state index contributed by atoms with van der Waals surface area (Å²) in [6, 6.07) is 35.8. The standard InChI is InChI=1S/C13H8N4O2.C10H9BrO3.C8H5BrO3.C8H7BrO.C5H6N4.C5H5N3O.C5H3N3.C2H6O.CH4.Cl3OP.Cl2OS.2ClH.H3N.O2Se/c18-13(19)11-8-3-1-2-4-9(8)16-12(17-11)10-5-6-14-7-15-10;1-2-14-10(13)9(12)7-5-3-4-6-8(7)11;9-6-4-2-1-3-5(6)7(10)8(11)12;1-6(10)7-4-2-3-5-8(7)9;6-5(7)4-1-2-8-3-9-4;9-8-3-5-1-2-6-4-7-5;6-3-5-1-2-7-4-8-5;1-2-3;;1-5(2,3)4;1-4(2)3;;;;1-3-2/h1-7H,(H,18,19);3-6H,2H2,1H3;1-4H,(H,11,12);2-5H,1H3;1-3H,(H3,6,7);1-4,9H;1-2,4H;3H,2H2,1H3;1H4;;;2*1H;1H3;/b;;;;;8-3+;;;;;;;;;. The number of aromatic nitrogens is 10. The van der Waals surface area contributed by atoms with Gasteiger partial charge in [0.15, 0.2) is 17.3 Å². The Bertz CT molecular complexity index is 4080. The van der Waals surface area contributed by atoms with Crippen LogP contribution >= 0.6 is 133 Å². The minimum atomic E-state index is -3.22. The number of rotatable bonds is 10. The number of halogens is 10. The number of aliphatic carboxylic acids is 1. The summed E-state index contributed by atoms with van der Waals surface area (Å²) >= 11 is 21.8. The van der Waals surface area contributed by atoms with Gasteiger partial charge in [-0.25, -0.2) is 68.4 Å². The van der Waals surface area contributed by atoms with E-state index in [9.17, 15) is 38.4 Å². The molecule has 538 valence electrons. The van der Waals surface area contributed by atoms with Crippen molar-refractivity contribution in [3.63, 3.8) is 0 Å². The molecule has 0 aliphatic carbocycles. The molecule has 0 spiro atoms. The fraction of sp³-hybridized carbons (Fsp3) is 0.105. The number of nitrogens with one attached hydrogen (secondary N) is 1. The number of carbonyl (C=O) groups is 6. The van der Waals surface area contributed by atoms with E-state index in [1.807, 2.05) is 24.3 Å². The fourth-order valence-corrected chi connectivity index (χ4v) is 6.97. The van der Waals surface area contributed by atoms with Crippen LogP contribution in [0.1, 0.15) is 86.8 Å². The van der Waals surface area contributed by atoms with Gasteiger partial charge < -0.3 is 37.1 Å². The summed E-state index contributed by atoms with van der Waals surface area (Å²) in [6.45, 7) is 5.35. The van der Waals surface area contributed by atoms with E-state index in [0.717, 1.165) is 10.0 Å². The number of esters is 1. The van der Waals surface area contributed by atoms with Crippen LogP contribution in [0.25, 0.3) is 22.4 Å². The summed E-state index contributed by atoms with van der Waals surface area (Å²) in [4.78, 5) is 104. The number of nitrogen functional groups attached to an aromatic ring is 1. The van der Waals surface area contributed by atoms with E-state index in [2.05, 4.69) is 163 Å². The molecule has 0 amide bonds. The number of nitrogens with zero attached hydrogens (tertiary/aromatic N) is 12. The first-order chi connectivity index (χ1) is 45.5. The van der Waals surface area contributed by atoms with Crippen molar-refractivity contribution in [2.45, 2.75) is 28.2 Å². The number of carboxylic acid groups (broad SMARTS) is 2. The zero-order chi connectivity index (χ0) is 73.0. The number of ether oxygens (including phenoxy) is 1. The molecule has 43 heteroatoms. The average Bonchev–Trinajstić information content (AvgIpc) is 0.802. The number of hydrogen-bond acceptors (Lipinski definition) is 27. The Labute approximate surface area is 640 Å². The van der Waals surface area contributed by atoms with Gasteiger partial charge in [0.2, 0.25) is 9.23 Å². The molecule has 0 fully saturated rings. The molecule has 0 radical (unpaired) electrons. The van der Waals surface area contributed by atoms with Gasteiger partial charge in [-0.15, -0.1) is 24.8 Å². The van der Waals surface area contributed by atoms with Crippen LogP contribution in [0.5, 0.6) is 0 Å². The van der Waals surface area contributed by atoms with Gasteiger partial charge in [0.1, 0.15) is 54.3 Å². The normalized spacial score (nSPS) is 9.00. The maximum absolute atomic E-state index is 11.5. The number of hydrogen-bond donors (Lipinski definition) is 7. The third kappa shape index (κ3) is 49.7. The predicted octanol–water partition coefficient (Wildman–Crippen LogP) is 13.6. The Hall–Kier alpha value is -7.72. The quantitative estimate of drug-likeness (QED) is 0.00639. The molecule has 0 unspecified atom stereocenters. The summed E-state index contributed by atoms with van der Waals surface area (Å²) in [5.74, 6) is -4.54. The van der Waals surface area contributed by atoms with Crippen molar-refractivity contribution in [1.29, 1.82) is 10.7 Å². The summed E-state index contributed by atoms with van der Waals surface area (Å²) in [6.07, 6.45) is 12.9. The summed E-state index contributed by atoms with van der Waals surface area (Å²) in [5, 5.41) is 48.4. The number of carbonyl (C=O) groups excluding carboxylic acids is 4. The number of carboxylic acids is 2. The van der Waals surface area contributed by atoms with Gasteiger partial charge in [-0.05, 0) is 115 Å². The van der Waals surface area contributed by atoms with E-state index in [1.165, 1.54) is 43.8 Å². The zero-order valence-electron chi connectivity index (χ0n) is 50.7. The molecule has 100 heavy (non-hydrogen) atoms. The number of para-hydroxylation sites is 1. The molecule has 10 N–H and O–H groups in total. The first-order valence-corrected chi connectivity index (χ1v) is 36.2. The van der Waals surface area contributed by atoms with Gasteiger partial charge in [-0.2, -0.15) is 5.26 Å². The van der Waals surface area contributed by atoms with Crippen LogP contribution in [0.2, 0.25) is 0 Å². The number of benzene rings is 4. The molecule has 0 saturated heterocycles. The van der Waals surface area contributed by atoms with E-state index < -0.39 is 58.7 Å². The SMILES string of the molecule is C.CC(=O)c1ccccc1Br.CCO.CCOC(=O)C(=O)c1ccccc1Br.Cl.Cl.N.N#Cc1ccncn1.N=C(N)c1ccncn1.O/N=C/c1ccncn1.O=C(O)C(=O)c1ccccc1Br.O=C(O)c1nc(-c2ccncn2)nc2ccccc12.O=P(Cl)(Cl)Cl.O=S(Cl)Cl.O=[Se]=O. The van der Waals surface area contributed by atoms with Crippen LogP contribution in [-0.4, -0.2) is 150 Å². The van der Waals surface area contributed by atoms with Crippen molar-refractivity contribution < 1.29 is 70.5 Å². The number of oxime groups is 1. The molecule has 30 nitrogen and oxygen atoms in total. The van der Waals surface area contributed by atoms with Crippen LogP contribution in [-0.2, 0) is 35.8 Å². The van der Waals surface area contributed by atoms with Crippen molar-refractivity contribution in [1.82, 2.24) is 56.0 Å². The summed E-state index contributed by atoms with van der Waals surface area (Å²) in [7, 11) is 7.36. The number of nitrogens with two attached hydrogens (primary N) is 1. The van der Waals surface area contributed by atoms with Crippen LogP contribution in [0.4, 0.5) is 0 Å². The Morgan fingerprint density at radius 1 is 0.700 bits per heavy atom. The predicted molar refractivity (Wildman–Crippen MR) is 395 cm³/mol. The minimum absolute atomic E-state index is 0. The number of nitriles is 1. The molecule has 0 saturated carbocycles. The van der Waals surface area contributed by atoms with Crippen molar-refractivity contribution >= 4 is 215 Å². The van der Waals surface area contributed by atoms with Crippen LogP contribution in [0.3, 0.4) is 0 Å². The van der Waals surface area contributed by atoms with Gasteiger partial charge in [0, 0.05) is 88.3 Å². The molecule has 5 heterocycles. The van der Waals surface area contributed by atoms with E-state index in [0.29, 0.717) is 48.2 Å². The van der Waals surface area contributed by atoms with Crippen molar-refractivity contribution in [2.75, 3.05) is 13.2 Å². The summed E-state index contributed by atoms with van der Waals surface area (Å²) in [5.41, 5.74) is 8.83. The van der Waals surface area contributed by atoms with Gasteiger partial charge >= 0.3 is 45.6 Å². The van der Waals surface area contributed by atoms with Gasteiger partial charge in [0.25, 0.3) is 11.6 Å². The molecule has 4 aromatic carbocycles. The summed E-state index contributed by atoms with van der Waals surface area (Å²) < 4.78 is 42.0. The fourth-order valence-electron chi connectivity index (χ4n) is 5.48. The molecule has 0 bridgehead atoms. The van der Waals surface area contributed by atoms with Crippen LogP contribution in [0, 0.1) is 16.7 Å². The zero-order valence-corrected chi connectivity index (χ0v) is 64.3. The monoisotopic (exact) mass is 1820 g/mol. The number of Topliss-reactive ketones (excluding diaryl/α,β-unsaturated/α-hetero) is 3. The molecular formula is C57H58Br3Cl7N15O15PSSe. The number of amidine groups is 1. The van der Waals surface area contributed by atoms with E-state index in [-0.39, 0.29) is 80.3 Å². The number of aromatic carboxylic acids is 1. The van der Waals surface area contributed by atoms with Crippen molar-refractivity contribution in [2.24, 2.45) is 10.9 Å². The second-order valence-electron chi connectivity index (χ2n) is 15.6. The second-order valence-corrected chi connectivity index (χ2v) is 27.6. The Balaban J connectivity index is -0.000000251. The van der Waals surface area contributed by atoms with Gasteiger partial charge in [-0.3, -0.25) is 24.4 Å². The Kier molecular flexibility index (Phi) is 64.3. The number of ketones is 3. The first kappa shape index (κ1) is 103. The van der Waals surface area contributed by atoms with E-state index >= 15 is 0 Å². The molecule has 0 atom stereocenters. The third-order valence-corrected chi connectivity index (χ3v) is 11.2. The van der Waals surface area contributed by atoms with E-state index in [1.54, 1.807) is 136 Å². The van der Waals surface area contributed by atoms with Crippen LogP contribution in [0.15, 0.2) is 190 Å². The van der Waals surface area contributed by atoms with Gasteiger partial charge in [0.05, 0.1) is 24.0 Å². The molecule has 9 aromatic rings. The molecule has 5 aromatic heterocycles. The second kappa shape index (κ2) is 62.3. The van der Waals surface area contributed by atoms with Gasteiger partial charge in [-0.1, -0.05) is 121 Å². The Morgan fingerprint density at radius 2 is 1.11 bits per heavy atom. The molecule has 0 aliphatic heterocycles. The molecule has 9 rings (SSSR count). The Morgan fingerprint density at radius 3 is 1.44 bits per heavy atom. The number of aliphatic hydroxyl groups excluding tert-OH is 1.